The molecule has 0 aromatic heterocycles. The van der Waals surface area contributed by atoms with Gasteiger partial charge in [0.2, 0.25) is 0 Å². The first-order chi connectivity index (χ1) is 8.22. The third-order valence-corrected chi connectivity index (χ3v) is 4.25. The van der Waals surface area contributed by atoms with Crippen molar-refractivity contribution in [3.05, 3.63) is 0 Å². The highest BCUT2D eigenvalue weighted by Gasteiger charge is 2.25. The molecule has 0 aromatic rings. The number of hydrogen-bond acceptors (Lipinski definition) is 3. The lowest BCUT2D eigenvalue weighted by molar-refractivity contribution is 0.0916. The molecule has 1 aliphatic rings. The highest BCUT2D eigenvalue weighted by Crippen LogP contribution is 2.22. The van der Waals surface area contributed by atoms with Gasteiger partial charge in [-0.1, -0.05) is 20.3 Å². The Bertz CT molecular complexity index is 192. The molecule has 0 aliphatic carbocycles. The molecular weight excluding hydrogens is 210 g/mol. The van der Waals surface area contributed by atoms with Crippen molar-refractivity contribution in [2.75, 3.05) is 32.7 Å². The van der Waals surface area contributed by atoms with Crippen LogP contribution in [0.1, 0.15) is 46.5 Å². The van der Waals surface area contributed by atoms with Crippen molar-refractivity contribution in [1.82, 2.24) is 9.80 Å². The summed E-state index contributed by atoms with van der Waals surface area (Å²) in [4.78, 5) is 5.17. The monoisotopic (exact) mass is 241 g/mol. The van der Waals surface area contributed by atoms with Crippen molar-refractivity contribution in [2.24, 2.45) is 5.73 Å². The third-order valence-electron chi connectivity index (χ3n) is 4.25. The molecule has 0 bridgehead atoms. The van der Waals surface area contributed by atoms with E-state index in [9.17, 15) is 0 Å². The van der Waals surface area contributed by atoms with Crippen LogP contribution in [0.3, 0.4) is 0 Å². The lowest BCUT2D eigenvalue weighted by Gasteiger charge is -2.40. The van der Waals surface area contributed by atoms with Crippen molar-refractivity contribution in [3.8, 4) is 0 Å². The molecule has 1 heterocycles. The van der Waals surface area contributed by atoms with Crippen LogP contribution in [-0.4, -0.2) is 54.6 Å². The van der Waals surface area contributed by atoms with Gasteiger partial charge in [0.05, 0.1) is 0 Å². The zero-order chi connectivity index (χ0) is 12.7. The lowest BCUT2D eigenvalue weighted by Crippen LogP contribution is -2.49. The second-order valence-electron chi connectivity index (χ2n) is 5.29. The summed E-state index contributed by atoms with van der Waals surface area (Å²) in [6, 6.07) is 1.32. The average molecular weight is 241 g/mol. The number of nitrogens with two attached hydrogens (primary N) is 1. The minimum Gasteiger partial charge on any atom is -0.329 e. The normalized spacial score (nSPS) is 24.2. The maximum absolute atomic E-state index is 5.82. The van der Waals surface area contributed by atoms with Crippen molar-refractivity contribution < 1.29 is 0 Å². The van der Waals surface area contributed by atoms with Crippen LogP contribution in [0.2, 0.25) is 0 Å². The predicted molar refractivity (Wildman–Crippen MR) is 75.3 cm³/mol. The Morgan fingerprint density at radius 1 is 1.29 bits per heavy atom. The Morgan fingerprint density at radius 3 is 2.59 bits per heavy atom. The second kappa shape index (κ2) is 8.06. The quantitative estimate of drug-likeness (QED) is 0.739. The number of hydrogen-bond donors (Lipinski definition) is 1. The van der Waals surface area contributed by atoms with Crippen LogP contribution < -0.4 is 5.73 Å². The molecule has 3 nitrogen and oxygen atoms in total. The molecule has 17 heavy (non-hydrogen) atoms. The van der Waals surface area contributed by atoms with E-state index in [1.165, 1.54) is 51.9 Å². The first kappa shape index (κ1) is 14.9. The van der Waals surface area contributed by atoms with Crippen molar-refractivity contribution in [3.63, 3.8) is 0 Å². The van der Waals surface area contributed by atoms with Gasteiger partial charge >= 0.3 is 0 Å². The molecule has 0 aromatic carbocycles. The smallest absolute Gasteiger partial charge is 0.0193 e. The summed E-state index contributed by atoms with van der Waals surface area (Å²) < 4.78 is 0. The second-order valence-corrected chi connectivity index (χ2v) is 5.29. The topological polar surface area (TPSA) is 32.5 Å². The van der Waals surface area contributed by atoms with Gasteiger partial charge in [0.25, 0.3) is 0 Å². The van der Waals surface area contributed by atoms with E-state index in [0.29, 0.717) is 6.04 Å². The largest absolute Gasteiger partial charge is 0.329 e. The summed E-state index contributed by atoms with van der Waals surface area (Å²) in [7, 11) is 0. The Kier molecular flexibility index (Phi) is 7.09. The molecule has 1 fully saturated rings. The van der Waals surface area contributed by atoms with Gasteiger partial charge in [0, 0.05) is 18.6 Å². The summed E-state index contributed by atoms with van der Waals surface area (Å²) in [5.41, 5.74) is 5.82. The Hall–Kier alpha value is -0.120. The maximum atomic E-state index is 5.82. The molecule has 2 unspecified atom stereocenters. The lowest BCUT2D eigenvalue weighted by atomic mass is 9.97. The molecule has 1 saturated heterocycles. The summed E-state index contributed by atoms with van der Waals surface area (Å²) >= 11 is 0. The SMILES string of the molecule is CCN(CC)CCC1CCCCN1C(C)CN. The minimum atomic E-state index is 0.553. The molecule has 102 valence electrons. The summed E-state index contributed by atoms with van der Waals surface area (Å²) in [6.45, 7) is 12.4. The maximum Gasteiger partial charge on any atom is 0.0193 e. The minimum absolute atomic E-state index is 0.553. The zero-order valence-electron chi connectivity index (χ0n) is 12.0. The Labute approximate surface area is 107 Å². The predicted octanol–water partition coefficient (Wildman–Crippen LogP) is 1.92. The standard InChI is InChI=1S/C14H31N3/c1-4-16(5-2)11-9-14-8-6-7-10-17(14)13(3)12-15/h13-14H,4-12,15H2,1-3H3. The van der Waals surface area contributed by atoms with Crippen LogP contribution in [0.25, 0.3) is 0 Å². The van der Waals surface area contributed by atoms with E-state index in [2.05, 4.69) is 30.6 Å². The van der Waals surface area contributed by atoms with Gasteiger partial charge in [-0.25, -0.2) is 0 Å². The fourth-order valence-corrected chi connectivity index (χ4v) is 2.92. The Balaban J connectivity index is 2.42. The number of rotatable bonds is 7. The molecular formula is C14H31N3. The van der Waals surface area contributed by atoms with Crippen molar-refractivity contribution >= 4 is 0 Å². The van der Waals surface area contributed by atoms with E-state index in [-0.39, 0.29) is 0 Å². The van der Waals surface area contributed by atoms with E-state index in [1.807, 2.05) is 0 Å². The van der Waals surface area contributed by atoms with Crippen LogP contribution in [0.15, 0.2) is 0 Å². The van der Waals surface area contributed by atoms with E-state index in [4.69, 9.17) is 5.73 Å². The van der Waals surface area contributed by atoms with Gasteiger partial charge in [-0.05, 0) is 52.4 Å². The number of likely N-dealkylation sites (tertiary alicyclic amines) is 1. The Morgan fingerprint density at radius 2 is 2.00 bits per heavy atom. The summed E-state index contributed by atoms with van der Waals surface area (Å²) in [5, 5.41) is 0. The average Bonchev–Trinajstić information content (AvgIpc) is 2.39. The van der Waals surface area contributed by atoms with Crippen LogP contribution in [0.4, 0.5) is 0 Å². The molecule has 0 amide bonds. The van der Waals surface area contributed by atoms with Gasteiger partial charge in [-0.15, -0.1) is 0 Å². The van der Waals surface area contributed by atoms with Crippen LogP contribution in [0, 0.1) is 0 Å². The summed E-state index contributed by atoms with van der Waals surface area (Å²) in [5.74, 6) is 0. The fourth-order valence-electron chi connectivity index (χ4n) is 2.92. The third kappa shape index (κ3) is 4.57. The molecule has 0 spiro atoms. The number of piperidine rings is 1. The molecule has 1 aliphatic heterocycles. The van der Waals surface area contributed by atoms with E-state index >= 15 is 0 Å². The fraction of sp³-hybridized carbons (Fsp3) is 1.00. The van der Waals surface area contributed by atoms with Gasteiger partial charge in [0.1, 0.15) is 0 Å². The van der Waals surface area contributed by atoms with E-state index < -0.39 is 0 Å². The van der Waals surface area contributed by atoms with Crippen LogP contribution >= 0.6 is 0 Å². The molecule has 0 radical (unpaired) electrons. The molecule has 3 heteroatoms. The summed E-state index contributed by atoms with van der Waals surface area (Å²) in [6.07, 6.45) is 5.43. The van der Waals surface area contributed by atoms with Crippen molar-refractivity contribution in [1.29, 1.82) is 0 Å². The number of nitrogens with zero attached hydrogens (tertiary/aromatic N) is 2. The van der Waals surface area contributed by atoms with Gasteiger partial charge in [0.15, 0.2) is 0 Å². The molecule has 1 rings (SSSR count). The highest BCUT2D eigenvalue weighted by atomic mass is 15.2. The van der Waals surface area contributed by atoms with Crippen LogP contribution in [-0.2, 0) is 0 Å². The highest BCUT2D eigenvalue weighted by molar-refractivity contribution is 4.82. The van der Waals surface area contributed by atoms with E-state index in [1.54, 1.807) is 0 Å². The van der Waals surface area contributed by atoms with Gasteiger partial charge in [-0.3, -0.25) is 4.90 Å². The van der Waals surface area contributed by atoms with E-state index in [0.717, 1.165) is 12.6 Å². The molecule has 2 atom stereocenters. The first-order valence-electron chi connectivity index (χ1n) is 7.41. The van der Waals surface area contributed by atoms with Gasteiger partial charge < -0.3 is 10.6 Å². The zero-order valence-corrected chi connectivity index (χ0v) is 12.0. The van der Waals surface area contributed by atoms with Crippen molar-refractivity contribution in [2.45, 2.75) is 58.5 Å². The molecule has 2 N–H and O–H groups in total. The van der Waals surface area contributed by atoms with Gasteiger partial charge in [-0.2, -0.15) is 0 Å². The first-order valence-corrected chi connectivity index (χ1v) is 7.41. The molecule has 0 saturated carbocycles. The van der Waals surface area contributed by atoms with Crippen LogP contribution in [0.5, 0.6) is 0 Å².